The zero-order valence-corrected chi connectivity index (χ0v) is 11.3. The largest absolute Gasteiger partial charge is 0.478 e. The number of nitrogens with zero attached hydrogens (tertiary/aromatic N) is 1. The number of benzene rings is 1. The van der Waals surface area contributed by atoms with E-state index in [1.54, 1.807) is 12.1 Å². The van der Waals surface area contributed by atoms with Crippen molar-refractivity contribution in [1.82, 2.24) is 4.90 Å². The summed E-state index contributed by atoms with van der Waals surface area (Å²) in [4.78, 5) is 25.2. The smallest absolute Gasteiger partial charge is 0.335 e. The summed E-state index contributed by atoms with van der Waals surface area (Å²) in [6, 6.07) is 5.30. The van der Waals surface area contributed by atoms with Crippen molar-refractivity contribution in [2.45, 2.75) is 33.2 Å². The van der Waals surface area contributed by atoms with Gasteiger partial charge >= 0.3 is 5.97 Å². The van der Waals surface area contributed by atoms with Crippen molar-refractivity contribution in [3.8, 4) is 0 Å². The minimum absolute atomic E-state index is 0.0317. The molecule has 0 bridgehead atoms. The number of carbonyl (C=O) groups excluding carboxylic acids is 1. The van der Waals surface area contributed by atoms with Crippen LogP contribution in [0, 0.1) is 5.92 Å². The van der Waals surface area contributed by atoms with Crippen LogP contribution < -0.4 is 0 Å². The molecule has 1 aromatic carbocycles. The third-order valence-corrected chi connectivity index (χ3v) is 3.84. The Hall–Kier alpha value is -1.84. The highest BCUT2D eigenvalue weighted by Gasteiger charge is 2.26. The molecule has 0 fully saturated rings. The molecule has 0 radical (unpaired) electrons. The number of carboxylic acids is 1. The molecule has 0 saturated carbocycles. The second-order valence-corrected chi connectivity index (χ2v) is 5.07. The van der Waals surface area contributed by atoms with E-state index in [9.17, 15) is 9.59 Å². The number of hydrogen-bond donors (Lipinski definition) is 1. The summed E-state index contributed by atoms with van der Waals surface area (Å²) in [6.45, 7) is 5.08. The molecule has 0 aliphatic carbocycles. The highest BCUT2D eigenvalue weighted by molar-refractivity contribution is 5.90. The molecule has 0 spiro atoms. The summed E-state index contributed by atoms with van der Waals surface area (Å²) < 4.78 is 0. The maximum absolute atomic E-state index is 12.2. The SMILES string of the molecule is CCC(C)C(=O)N1CCc2c(cccc2C(=O)O)C1. The second kappa shape index (κ2) is 5.43. The third-order valence-electron chi connectivity index (χ3n) is 3.84. The first-order chi connectivity index (χ1) is 9.04. The number of aromatic carboxylic acids is 1. The Bertz CT molecular complexity index is 510. The van der Waals surface area contributed by atoms with Gasteiger partial charge < -0.3 is 10.0 Å². The number of fused-ring (bicyclic) bond motifs is 1. The van der Waals surface area contributed by atoms with E-state index in [-0.39, 0.29) is 11.8 Å². The lowest BCUT2D eigenvalue weighted by Gasteiger charge is -2.31. The molecule has 1 aliphatic heterocycles. The van der Waals surface area contributed by atoms with Crippen LogP contribution in [-0.2, 0) is 17.8 Å². The van der Waals surface area contributed by atoms with Gasteiger partial charge in [-0.1, -0.05) is 26.0 Å². The summed E-state index contributed by atoms with van der Waals surface area (Å²) in [5, 5.41) is 9.16. The zero-order chi connectivity index (χ0) is 14.0. The van der Waals surface area contributed by atoms with Crippen molar-refractivity contribution in [3.63, 3.8) is 0 Å². The first-order valence-electron chi connectivity index (χ1n) is 6.67. The minimum Gasteiger partial charge on any atom is -0.478 e. The minimum atomic E-state index is -0.890. The predicted molar refractivity (Wildman–Crippen MR) is 72.0 cm³/mol. The van der Waals surface area contributed by atoms with Gasteiger partial charge in [-0.3, -0.25) is 4.79 Å². The number of carbonyl (C=O) groups is 2. The quantitative estimate of drug-likeness (QED) is 0.908. The number of amides is 1. The van der Waals surface area contributed by atoms with Gasteiger partial charge in [-0.15, -0.1) is 0 Å². The molecule has 0 aromatic heterocycles. The normalized spacial score (nSPS) is 15.8. The van der Waals surface area contributed by atoms with Crippen molar-refractivity contribution in [2.75, 3.05) is 6.54 Å². The fourth-order valence-corrected chi connectivity index (χ4v) is 2.48. The monoisotopic (exact) mass is 261 g/mol. The van der Waals surface area contributed by atoms with Gasteiger partial charge in [0.1, 0.15) is 0 Å². The first-order valence-corrected chi connectivity index (χ1v) is 6.67. The second-order valence-electron chi connectivity index (χ2n) is 5.07. The maximum Gasteiger partial charge on any atom is 0.335 e. The van der Waals surface area contributed by atoms with Crippen LogP contribution in [0.2, 0.25) is 0 Å². The lowest BCUT2D eigenvalue weighted by Crippen LogP contribution is -2.39. The highest BCUT2D eigenvalue weighted by atomic mass is 16.4. The van der Waals surface area contributed by atoms with E-state index in [0.717, 1.165) is 17.5 Å². The van der Waals surface area contributed by atoms with Crippen LogP contribution in [0.5, 0.6) is 0 Å². The lowest BCUT2D eigenvalue weighted by atomic mass is 9.93. The first kappa shape index (κ1) is 13.6. The van der Waals surface area contributed by atoms with Gasteiger partial charge in [0.2, 0.25) is 5.91 Å². The summed E-state index contributed by atoms with van der Waals surface area (Å²) >= 11 is 0. The fourth-order valence-electron chi connectivity index (χ4n) is 2.48. The molecular formula is C15H19NO3. The molecule has 4 heteroatoms. The molecule has 0 saturated heterocycles. The number of hydrogen-bond acceptors (Lipinski definition) is 2. The molecule has 2 rings (SSSR count). The molecule has 1 heterocycles. The van der Waals surface area contributed by atoms with Gasteiger partial charge in [0, 0.05) is 19.0 Å². The van der Waals surface area contributed by atoms with Gasteiger partial charge in [-0.05, 0) is 30.0 Å². The van der Waals surface area contributed by atoms with Crippen molar-refractivity contribution < 1.29 is 14.7 Å². The van der Waals surface area contributed by atoms with Gasteiger partial charge in [0.05, 0.1) is 5.56 Å². The number of rotatable bonds is 3. The van der Waals surface area contributed by atoms with Crippen molar-refractivity contribution in [1.29, 1.82) is 0 Å². The molecule has 19 heavy (non-hydrogen) atoms. The van der Waals surface area contributed by atoms with E-state index in [1.165, 1.54) is 0 Å². The number of carboxylic acid groups (broad SMARTS) is 1. The predicted octanol–water partition coefficient (Wildman–Crippen LogP) is 2.32. The Kier molecular flexibility index (Phi) is 3.88. The average Bonchev–Trinajstić information content (AvgIpc) is 2.44. The standard InChI is InChI=1S/C15H19NO3/c1-3-10(2)14(17)16-8-7-12-11(9-16)5-4-6-13(12)15(18)19/h4-6,10H,3,7-9H2,1-2H3,(H,18,19). The molecule has 1 atom stereocenters. The zero-order valence-electron chi connectivity index (χ0n) is 11.3. The third kappa shape index (κ3) is 2.62. The molecule has 4 nitrogen and oxygen atoms in total. The summed E-state index contributed by atoms with van der Waals surface area (Å²) in [6.07, 6.45) is 1.46. The van der Waals surface area contributed by atoms with E-state index in [2.05, 4.69) is 0 Å². The van der Waals surface area contributed by atoms with Crippen LogP contribution in [0.3, 0.4) is 0 Å². The van der Waals surface area contributed by atoms with E-state index in [1.807, 2.05) is 24.8 Å². The van der Waals surface area contributed by atoms with E-state index in [4.69, 9.17) is 5.11 Å². The Morgan fingerprint density at radius 2 is 2.16 bits per heavy atom. The maximum atomic E-state index is 12.2. The van der Waals surface area contributed by atoms with Gasteiger partial charge in [-0.2, -0.15) is 0 Å². The highest BCUT2D eigenvalue weighted by Crippen LogP contribution is 2.24. The van der Waals surface area contributed by atoms with Gasteiger partial charge in [-0.25, -0.2) is 4.79 Å². The van der Waals surface area contributed by atoms with Crippen LogP contribution in [0.25, 0.3) is 0 Å². The van der Waals surface area contributed by atoms with Gasteiger partial charge in [0.15, 0.2) is 0 Å². The molecule has 1 unspecified atom stereocenters. The van der Waals surface area contributed by atoms with Gasteiger partial charge in [0.25, 0.3) is 0 Å². The molecule has 1 aromatic rings. The summed E-state index contributed by atoms with van der Waals surface area (Å²) in [7, 11) is 0. The summed E-state index contributed by atoms with van der Waals surface area (Å²) in [5.41, 5.74) is 2.21. The van der Waals surface area contributed by atoms with Crippen molar-refractivity contribution in [2.24, 2.45) is 5.92 Å². The van der Waals surface area contributed by atoms with Crippen LogP contribution in [0.1, 0.15) is 41.8 Å². The van der Waals surface area contributed by atoms with Crippen LogP contribution in [0.15, 0.2) is 18.2 Å². The van der Waals surface area contributed by atoms with E-state index in [0.29, 0.717) is 25.1 Å². The fraction of sp³-hybridized carbons (Fsp3) is 0.467. The molecular weight excluding hydrogens is 242 g/mol. The van der Waals surface area contributed by atoms with Crippen LogP contribution in [0.4, 0.5) is 0 Å². The molecule has 1 N–H and O–H groups in total. The van der Waals surface area contributed by atoms with Crippen molar-refractivity contribution >= 4 is 11.9 Å². The van der Waals surface area contributed by atoms with Crippen LogP contribution >= 0.6 is 0 Å². The Balaban J connectivity index is 2.24. The average molecular weight is 261 g/mol. The Morgan fingerprint density at radius 3 is 2.79 bits per heavy atom. The molecule has 102 valence electrons. The lowest BCUT2D eigenvalue weighted by molar-refractivity contribution is -0.136. The van der Waals surface area contributed by atoms with E-state index >= 15 is 0 Å². The molecule has 1 amide bonds. The molecule has 1 aliphatic rings. The topological polar surface area (TPSA) is 57.6 Å². The van der Waals surface area contributed by atoms with Crippen LogP contribution in [-0.4, -0.2) is 28.4 Å². The van der Waals surface area contributed by atoms with E-state index < -0.39 is 5.97 Å². The Morgan fingerprint density at radius 1 is 1.42 bits per heavy atom. The van der Waals surface area contributed by atoms with Crippen molar-refractivity contribution in [3.05, 3.63) is 34.9 Å². The summed E-state index contributed by atoms with van der Waals surface area (Å²) in [5.74, 6) is -0.698. The Labute approximate surface area is 113 Å².